The fraction of sp³-hybridized carbons (Fsp3) is 0.444. The number of amides is 1. The molecule has 2 aromatic carbocycles. The summed E-state index contributed by atoms with van der Waals surface area (Å²) in [5.74, 6) is 2.12. The lowest BCUT2D eigenvalue weighted by Gasteiger charge is -2.55. The molecule has 2 aliphatic heterocycles. The van der Waals surface area contributed by atoms with E-state index in [2.05, 4.69) is 17.2 Å². The number of hydrogen-bond acceptors (Lipinski definition) is 4. The Labute approximate surface area is 189 Å². The molecule has 6 rings (SSSR count). The van der Waals surface area contributed by atoms with Crippen LogP contribution in [0.25, 0.3) is 0 Å². The molecule has 0 radical (unpaired) electrons. The third kappa shape index (κ3) is 3.22. The second kappa shape index (κ2) is 7.38. The van der Waals surface area contributed by atoms with Crippen molar-refractivity contribution >= 4 is 5.91 Å². The number of aromatic hydroxyl groups is 1. The first-order chi connectivity index (χ1) is 15.6. The van der Waals surface area contributed by atoms with Crippen molar-refractivity contribution in [2.24, 2.45) is 5.92 Å². The fourth-order valence-corrected chi connectivity index (χ4v) is 6.08. The van der Waals surface area contributed by atoms with Crippen LogP contribution in [0.4, 0.5) is 0 Å². The molecule has 2 aromatic rings. The number of likely N-dealkylation sites (tertiary alicyclic amines) is 1. The minimum Gasteiger partial charge on any atom is -0.508 e. The average Bonchev–Trinajstić information content (AvgIpc) is 3.61. The first-order valence-corrected chi connectivity index (χ1v) is 11.8. The van der Waals surface area contributed by atoms with E-state index in [1.54, 1.807) is 13.2 Å². The first kappa shape index (κ1) is 19.9. The highest BCUT2D eigenvalue weighted by atomic mass is 16.5. The number of methoxy groups -OCH3 is 1. The van der Waals surface area contributed by atoms with Crippen LogP contribution in [0, 0.1) is 5.92 Å². The van der Waals surface area contributed by atoms with Gasteiger partial charge >= 0.3 is 0 Å². The van der Waals surface area contributed by atoms with Gasteiger partial charge in [-0.3, -0.25) is 9.69 Å². The van der Waals surface area contributed by atoms with Gasteiger partial charge in [0.2, 0.25) is 5.91 Å². The molecule has 2 fully saturated rings. The lowest BCUT2D eigenvalue weighted by molar-refractivity contribution is -0.132. The molecule has 1 saturated heterocycles. The summed E-state index contributed by atoms with van der Waals surface area (Å²) in [5, 5.41) is 10.3. The van der Waals surface area contributed by atoms with Crippen molar-refractivity contribution < 1.29 is 14.6 Å². The van der Waals surface area contributed by atoms with Crippen LogP contribution in [-0.2, 0) is 23.2 Å². The molecule has 0 unspecified atom stereocenters. The van der Waals surface area contributed by atoms with Crippen LogP contribution >= 0.6 is 0 Å². The molecule has 0 spiro atoms. The molecule has 2 heterocycles. The third-order valence-electron chi connectivity index (χ3n) is 7.97. The summed E-state index contributed by atoms with van der Waals surface area (Å²) in [6.45, 7) is 2.77. The Bertz CT molecular complexity index is 1090. The standard InChI is InChI=1S/C27H30N2O3/c1-32-22-8-4-19(5-9-22)16-29-17-24-25-12-20-6-7-21(30)13-23(20)27(24,14-26(29)31)10-11-28(25)15-18-2-3-18/h4-9,13,17-18,25,30H,2-3,10-12,14-16H2,1H3/t25-,27-/m1/s1. The van der Waals surface area contributed by atoms with E-state index >= 15 is 0 Å². The van der Waals surface area contributed by atoms with Gasteiger partial charge in [0.05, 0.1) is 13.7 Å². The number of nitrogens with zero attached hydrogens (tertiary/aromatic N) is 2. The molecule has 2 bridgehead atoms. The number of fused-ring (bicyclic) bond motifs is 1. The van der Waals surface area contributed by atoms with Crippen LogP contribution in [-0.4, -0.2) is 47.1 Å². The van der Waals surface area contributed by atoms with Gasteiger partial charge in [-0.25, -0.2) is 0 Å². The van der Waals surface area contributed by atoms with E-state index in [4.69, 9.17) is 4.74 Å². The molecule has 2 atom stereocenters. The molecular formula is C27H30N2O3. The van der Waals surface area contributed by atoms with Gasteiger partial charge in [-0.1, -0.05) is 18.2 Å². The minimum absolute atomic E-state index is 0.162. The molecule has 166 valence electrons. The second-order valence-corrected chi connectivity index (χ2v) is 9.96. The number of ether oxygens (including phenoxy) is 1. The monoisotopic (exact) mass is 430 g/mol. The number of carbonyl (C=O) groups excluding carboxylic acids is 1. The Morgan fingerprint density at radius 3 is 2.72 bits per heavy atom. The van der Waals surface area contributed by atoms with Gasteiger partial charge in [-0.05, 0) is 84.7 Å². The summed E-state index contributed by atoms with van der Waals surface area (Å²) >= 11 is 0. The maximum atomic E-state index is 13.4. The normalized spacial score (nSPS) is 26.9. The summed E-state index contributed by atoms with van der Waals surface area (Å²) < 4.78 is 5.27. The third-order valence-corrected chi connectivity index (χ3v) is 7.97. The summed E-state index contributed by atoms with van der Waals surface area (Å²) in [7, 11) is 1.66. The van der Waals surface area contributed by atoms with Crippen LogP contribution in [0.2, 0.25) is 0 Å². The van der Waals surface area contributed by atoms with E-state index in [0.29, 0.717) is 24.8 Å². The molecular weight excluding hydrogens is 400 g/mol. The predicted molar refractivity (Wildman–Crippen MR) is 122 cm³/mol. The summed E-state index contributed by atoms with van der Waals surface area (Å²) in [4.78, 5) is 18.0. The van der Waals surface area contributed by atoms with Crippen molar-refractivity contribution in [3.8, 4) is 11.5 Å². The molecule has 5 nitrogen and oxygen atoms in total. The maximum Gasteiger partial charge on any atom is 0.228 e. The topological polar surface area (TPSA) is 53.0 Å². The number of carbonyl (C=O) groups is 1. The molecule has 2 aliphatic carbocycles. The number of phenols is 1. The van der Waals surface area contributed by atoms with Crippen LogP contribution in [0.3, 0.4) is 0 Å². The molecule has 4 aliphatic rings. The first-order valence-electron chi connectivity index (χ1n) is 11.8. The Morgan fingerprint density at radius 2 is 1.97 bits per heavy atom. The summed E-state index contributed by atoms with van der Waals surface area (Å²) in [6.07, 6.45) is 7.24. The molecule has 1 saturated carbocycles. The van der Waals surface area contributed by atoms with Crippen molar-refractivity contribution in [3.63, 3.8) is 0 Å². The lowest BCUT2D eigenvalue weighted by Crippen LogP contribution is -2.59. The average molecular weight is 431 g/mol. The van der Waals surface area contributed by atoms with Crippen molar-refractivity contribution in [2.75, 3.05) is 20.2 Å². The largest absolute Gasteiger partial charge is 0.508 e. The van der Waals surface area contributed by atoms with Gasteiger partial charge in [-0.2, -0.15) is 0 Å². The summed E-state index contributed by atoms with van der Waals surface area (Å²) in [5.41, 5.74) is 4.66. The Kier molecular flexibility index (Phi) is 4.58. The van der Waals surface area contributed by atoms with Gasteiger partial charge in [0, 0.05) is 30.6 Å². The zero-order valence-corrected chi connectivity index (χ0v) is 18.6. The predicted octanol–water partition coefficient (Wildman–Crippen LogP) is 4.00. The smallest absolute Gasteiger partial charge is 0.228 e. The molecule has 5 heteroatoms. The Hall–Kier alpha value is -2.79. The van der Waals surface area contributed by atoms with Crippen molar-refractivity contribution in [2.45, 2.75) is 50.1 Å². The van der Waals surface area contributed by atoms with Gasteiger partial charge in [0.15, 0.2) is 0 Å². The van der Waals surface area contributed by atoms with Crippen molar-refractivity contribution in [1.29, 1.82) is 0 Å². The highest BCUT2D eigenvalue weighted by Gasteiger charge is 2.53. The highest BCUT2D eigenvalue weighted by Crippen LogP contribution is 2.54. The highest BCUT2D eigenvalue weighted by molar-refractivity contribution is 5.82. The zero-order chi connectivity index (χ0) is 21.9. The van der Waals surface area contributed by atoms with Gasteiger partial charge in [-0.15, -0.1) is 0 Å². The van der Waals surface area contributed by atoms with E-state index in [9.17, 15) is 9.90 Å². The fourth-order valence-electron chi connectivity index (χ4n) is 6.08. The number of benzene rings is 2. The van der Waals surface area contributed by atoms with E-state index < -0.39 is 0 Å². The summed E-state index contributed by atoms with van der Waals surface area (Å²) in [6, 6.07) is 14.1. The van der Waals surface area contributed by atoms with Crippen molar-refractivity contribution in [3.05, 3.63) is 70.9 Å². The van der Waals surface area contributed by atoms with E-state index in [-0.39, 0.29) is 11.3 Å². The number of phenolic OH excluding ortho intramolecular Hbond substituents is 1. The maximum absolute atomic E-state index is 13.4. The SMILES string of the molecule is COc1ccc(CN2C=C3[C@H]4Cc5ccc(O)cc5[C@@]3(CCN4CC3CC3)CC2=O)cc1. The Balaban J connectivity index is 1.39. The van der Waals surface area contributed by atoms with Gasteiger partial charge < -0.3 is 14.7 Å². The van der Waals surface area contributed by atoms with E-state index in [1.807, 2.05) is 35.2 Å². The molecule has 0 aromatic heterocycles. The number of piperidine rings is 1. The van der Waals surface area contributed by atoms with Gasteiger partial charge in [0.1, 0.15) is 11.5 Å². The van der Waals surface area contributed by atoms with Crippen LogP contribution in [0.15, 0.2) is 54.2 Å². The van der Waals surface area contributed by atoms with Crippen molar-refractivity contribution in [1.82, 2.24) is 9.80 Å². The zero-order valence-electron chi connectivity index (χ0n) is 18.6. The van der Waals surface area contributed by atoms with Gasteiger partial charge in [0.25, 0.3) is 0 Å². The molecule has 1 amide bonds. The quantitative estimate of drug-likeness (QED) is 0.779. The second-order valence-electron chi connectivity index (χ2n) is 9.96. The van der Waals surface area contributed by atoms with Crippen LogP contribution in [0.5, 0.6) is 11.5 Å². The molecule has 32 heavy (non-hydrogen) atoms. The van der Waals surface area contributed by atoms with Crippen LogP contribution in [0.1, 0.15) is 42.4 Å². The molecule has 1 N–H and O–H groups in total. The minimum atomic E-state index is -0.273. The lowest BCUT2D eigenvalue weighted by atomic mass is 9.58. The van der Waals surface area contributed by atoms with E-state index in [1.165, 1.54) is 29.5 Å². The van der Waals surface area contributed by atoms with Crippen LogP contribution < -0.4 is 4.74 Å². The van der Waals surface area contributed by atoms with E-state index in [0.717, 1.165) is 43.2 Å². The Morgan fingerprint density at radius 1 is 1.16 bits per heavy atom. The number of hydrogen-bond donors (Lipinski definition) is 1. The number of rotatable bonds is 5.